The van der Waals surface area contributed by atoms with E-state index in [0.29, 0.717) is 11.4 Å². The van der Waals surface area contributed by atoms with E-state index in [0.717, 1.165) is 35.9 Å². The van der Waals surface area contributed by atoms with E-state index in [2.05, 4.69) is 17.2 Å². The molecule has 1 aromatic heterocycles. The maximum atomic E-state index is 12.4. The first-order chi connectivity index (χ1) is 10.6. The van der Waals surface area contributed by atoms with Crippen molar-refractivity contribution in [1.29, 1.82) is 0 Å². The molecule has 22 heavy (non-hydrogen) atoms. The Balaban J connectivity index is 1.68. The largest absolute Gasteiger partial charge is 0.337 e. The molecule has 0 spiro atoms. The molecule has 0 saturated carbocycles. The van der Waals surface area contributed by atoms with E-state index in [-0.39, 0.29) is 11.9 Å². The second kappa shape index (κ2) is 6.77. The minimum Gasteiger partial charge on any atom is -0.337 e. The number of hydrogen-bond acceptors (Lipinski definition) is 4. The SMILES string of the molecule is C[C@H]1CNCCN1C(=O)Cc1csc(-c2ccc(Cl)cc2)n1. The molecule has 1 amide bonds. The molecule has 0 radical (unpaired) electrons. The zero-order valence-electron chi connectivity index (χ0n) is 12.4. The van der Waals surface area contributed by atoms with E-state index in [1.807, 2.05) is 34.5 Å². The summed E-state index contributed by atoms with van der Waals surface area (Å²) in [6.45, 7) is 4.57. The zero-order valence-corrected chi connectivity index (χ0v) is 14.0. The first kappa shape index (κ1) is 15.5. The number of nitrogens with one attached hydrogen (secondary N) is 1. The third-order valence-electron chi connectivity index (χ3n) is 3.80. The number of carbonyl (C=O) groups excluding carboxylic acids is 1. The maximum Gasteiger partial charge on any atom is 0.228 e. The van der Waals surface area contributed by atoms with Crippen LogP contribution in [-0.2, 0) is 11.2 Å². The van der Waals surface area contributed by atoms with Crippen LogP contribution in [0.3, 0.4) is 0 Å². The van der Waals surface area contributed by atoms with Crippen molar-refractivity contribution in [3.05, 3.63) is 40.4 Å². The van der Waals surface area contributed by atoms with Gasteiger partial charge in [0.2, 0.25) is 5.91 Å². The third kappa shape index (κ3) is 3.48. The standard InChI is InChI=1S/C16H18ClN3OS/c1-11-9-18-6-7-20(11)15(21)8-14-10-22-16(19-14)12-2-4-13(17)5-3-12/h2-5,10-11,18H,6-9H2,1H3/t11-/m0/s1. The van der Waals surface area contributed by atoms with Crippen molar-refractivity contribution >= 4 is 28.8 Å². The van der Waals surface area contributed by atoms with E-state index in [9.17, 15) is 4.79 Å². The van der Waals surface area contributed by atoms with Crippen molar-refractivity contribution in [3.63, 3.8) is 0 Å². The number of amides is 1. The van der Waals surface area contributed by atoms with Crippen molar-refractivity contribution in [2.45, 2.75) is 19.4 Å². The van der Waals surface area contributed by atoms with E-state index < -0.39 is 0 Å². The molecule has 0 bridgehead atoms. The zero-order chi connectivity index (χ0) is 15.5. The lowest BCUT2D eigenvalue weighted by Crippen LogP contribution is -2.52. The Kier molecular flexibility index (Phi) is 4.76. The second-order valence-electron chi connectivity index (χ2n) is 5.47. The quantitative estimate of drug-likeness (QED) is 0.938. The molecule has 6 heteroatoms. The number of carbonyl (C=O) groups is 1. The summed E-state index contributed by atoms with van der Waals surface area (Å²) < 4.78 is 0. The summed E-state index contributed by atoms with van der Waals surface area (Å²) >= 11 is 7.46. The first-order valence-electron chi connectivity index (χ1n) is 7.34. The highest BCUT2D eigenvalue weighted by atomic mass is 35.5. The monoisotopic (exact) mass is 335 g/mol. The van der Waals surface area contributed by atoms with Crippen molar-refractivity contribution < 1.29 is 4.79 Å². The number of hydrogen-bond donors (Lipinski definition) is 1. The summed E-state index contributed by atoms with van der Waals surface area (Å²) in [6, 6.07) is 7.85. The Morgan fingerprint density at radius 2 is 2.23 bits per heavy atom. The molecule has 2 heterocycles. The van der Waals surface area contributed by atoms with Gasteiger partial charge in [-0.2, -0.15) is 0 Å². The van der Waals surface area contributed by atoms with Crippen LogP contribution in [0.4, 0.5) is 0 Å². The van der Waals surface area contributed by atoms with Crippen LogP contribution in [0.5, 0.6) is 0 Å². The minimum atomic E-state index is 0.155. The van der Waals surface area contributed by atoms with Gasteiger partial charge in [0.25, 0.3) is 0 Å². The van der Waals surface area contributed by atoms with Crippen LogP contribution in [0.15, 0.2) is 29.6 Å². The second-order valence-corrected chi connectivity index (χ2v) is 6.76. The fraction of sp³-hybridized carbons (Fsp3) is 0.375. The molecular formula is C16H18ClN3OS. The van der Waals surface area contributed by atoms with Gasteiger partial charge in [-0.15, -0.1) is 11.3 Å². The lowest BCUT2D eigenvalue weighted by Gasteiger charge is -2.33. The van der Waals surface area contributed by atoms with Gasteiger partial charge in [0.1, 0.15) is 5.01 Å². The van der Waals surface area contributed by atoms with Crippen molar-refractivity contribution in [2.75, 3.05) is 19.6 Å². The number of halogens is 1. The Morgan fingerprint density at radius 1 is 1.45 bits per heavy atom. The van der Waals surface area contributed by atoms with Crippen molar-refractivity contribution in [3.8, 4) is 10.6 Å². The van der Waals surface area contributed by atoms with Crippen molar-refractivity contribution in [1.82, 2.24) is 15.2 Å². The number of thiazole rings is 1. The summed E-state index contributed by atoms with van der Waals surface area (Å²) in [5.41, 5.74) is 1.87. The van der Waals surface area contributed by atoms with Crippen LogP contribution in [0.1, 0.15) is 12.6 Å². The van der Waals surface area contributed by atoms with Gasteiger partial charge in [-0.1, -0.05) is 23.7 Å². The summed E-state index contributed by atoms with van der Waals surface area (Å²) in [5, 5.41) is 6.90. The minimum absolute atomic E-state index is 0.155. The molecule has 1 N–H and O–H groups in total. The predicted octanol–water partition coefficient (Wildman–Crippen LogP) is 2.83. The van der Waals surface area contributed by atoms with Crippen LogP contribution in [0, 0.1) is 0 Å². The predicted molar refractivity (Wildman–Crippen MR) is 90.3 cm³/mol. The number of benzene rings is 1. The van der Waals surface area contributed by atoms with Gasteiger partial charge in [-0.05, 0) is 19.1 Å². The van der Waals surface area contributed by atoms with Gasteiger partial charge in [-0.3, -0.25) is 4.79 Å². The highest BCUT2D eigenvalue weighted by molar-refractivity contribution is 7.13. The average molecular weight is 336 g/mol. The van der Waals surface area contributed by atoms with Crippen molar-refractivity contribution in [2.24, 2.45) is 0 Å². The van der Waals surface area contributed by atoms with Gasteiger partial charge in [0, 0.05) is 41.6 Å². The van der Waals surface area contributed by atoms with Gasteiger partial charge < -0.3 is 10.2 Å². The van der Waals surface area contributed by atoms with Gasteiger partial charge in [-0.25, -0.2) is 4.98 Å². The van der Waals surface area contributed by atoms with E-state index >= 15 is 0 Å². The summed E-state index contributed by atoms with van der Waals surface area (Å²) in [7, 11) is 0. The molecule has 1 aliphatic rings. The highest BCUT2D eigenvalue weighted by Gasteiger charge is 2.23. The normalized spacial score (nSPS) is 18.5. The molecule has 1 aromatic carbocycles. The fourth-order valence-electron chi connectivity index (χ4n) is 2.58. The van der Waals surface area contributed by atoms with E-state index in [4.69, 9.17) is 11.6 Å². The van der Waals surface area contributed by atoms with Gasteiger partial charge in [0.05, 0.1) is 12.1 Å². The van der Waals surface area contributed by atoms with Gasteiger partial charge in [0.15, 0.2) is 0 Å². The molecule has 1 aliphatic heterocycles. The van der Waals surface area contributed by atoms with E-state index in [1.54, 1.807) is 11.3 Å². The number of nitrogens with zero attached hydrogens (tertiary/aromatic N) is 2. The molecule has 116 valence electrons. The smallest absolute Gasteiger partial charge is 0.228 e. The van der Waals surface area contributed by atoms with Gasteiger partial charge >= 0.3 is 0 Å². The first-order valence-corrected chi connectivity index (χ1v) is 8.60. The number of rotatable bonds is 3. The highest BCUT2D eigenvalue weighted by Crippen LogP contribution is 2.25. The maximum absolute atomic E-state index is 12.4. The molecule has 1 fully saturated rings. The van der Waals surface area contributed by atoms with Crippen LogP contribution in [0.25, 0.3) is 10.6 Å². The topological polar surface area (TPSA) is 45.2 Å². The molecule has 3 rings (SSSR count). The molecule has 4 nitrogen and oxygen atoms in total. The fourth-order valence-corrected chi connectivity index (χ4v) is 3.53. The Labute approximate surface area is 139 Å². The van der Waals surface area contributed by atoms with Crippen LogP contribution in [-0.4, -0.2) is 41.5 Å². The van der Waals surface area contributed by atoms with E-state index in [1.165, 1.54) is 0 Å². The van der Waals surface area contributed by atoms with Crippen LogP contribution in [0.2, 0.25) is 5.02 Å². The molecule has 1 saturated heterocycles. The summed E-state index contributed by atoms with van der Waals surface area (Å²) in [5.74, 6) is 0.155. The van der Waals surface area contributed by atoms with Crippen LogP contribution < -0.4 is 5.32 Å². The summed E-state index contributed by atoms with van der Waals surface area (Å²) in [4.78, 5) is 18.9. The number of piperazine rings is 1. The lowest BCUT2D eigenvalue weighted by atomic mass is 10.2. The lowest BCUT2D eigenvalue weighted by molar-refractivity contribution is -0.133. The molecular weight excluding hydrogens is 318 g/mol. The molecule has 0 unspecified atom stereocenters. The Morgan fingerprint density at radius 3 is 2.95 bits per heavy atom. The molecule has 1 atom stereocenters. The van der Waals surface area contributed by atoms with Crippen LogP contribution >= 0.6 is 22.9 Å². The molecule has 0 aliphatic carbocycles. The average Bonchev–Trinajstić information content (AvgIpc) is 2.97. The number of aromatic nitrogens is 1. The molecule has 2 aromatic rings. The summed E-state index contributed by atoms with van der Waals surface area (Å²) in [6.07, 6.45) is 0.369. The Bertz CT molecular complexity index is 656. The third-order valence-corrected chi connectivity index (χ3v) is 4.99. The Hall–Kier alpha value is -1.43.